The highest BCUT2D eigenvalue weighted by Crippen LogP contribution is 2.42. The Labute approximate surface area is 118 Å². The Hall–Kier alpha value is -0.820. The summed E-state index contributed by atoms with van der Waals surface area (Å²) in [5, 5.41) is 3.51. The average molecular weight is 259 g/mol. The molecule has 0 aromatic heterocycles. The summed E-state index contributed by atoms with van der Waals surface area (Å²) in [6.07, 6.45) is 2.57. The van der Waals surface area contributed by atoms with Gasteiger partial charge in [0, 0.05) is 6.04 Å². The molecule has 0 aliphatic heterocycles. The molecule has 1 aliphatic rings. The van der Waals surface area contributed by atoms with Crippen LogP contribution in [0, 0.1) is 0 Å². The van der Waals surface area contributed by atoms with Gasteiger partial charge in [0.1, 0.15) is 0 Å². The molecule has 106 valence electrons. The van der Waals surface area contributed by atoms with Crippen LogP contribution in [0.4, 0.5) is 0 Å². The van der Waals surface area contributed by atoms with Gasteiger partial charge in [-0.3, -0.25) is 0 Å². The number of hydrogen-bond acceptors (Lipinski definition) is 1. The van der Waals surface area contributed by atoms with Gasteiger partial charge >= 0.3 is 0 Å². The van der Waals surface area contributed by atoms with Gasteiger partial charge in [-0.05, 0) is 59.9 Å². The fourth-order valence-electron chi connectivity index (χ4n) is 3.41. The van der Waals surface area contributed by atoms with Crippen LogP contribution in [0.25, 0.3) is 0 Å². The molecule has 1 heteroatoms. The molecule has 2 rings (SSSR count). The molecule has 0 fully saturated rings. The fourth-order valence-corrected chi connectivity index (χ4v) is 3.41. The van der Waals surface area contributed by atoms with E-state index in [1.54, 1.807) is 16.7 Å². The number of nitrogens with one attached hydrogen (secondary N) is 1. The zero-order valence-electron chi connectivity index (χ0n) is 13.4. The largest absolute Gasteiger partial charge is 0.313 e. The van der Waals surface area contributed by atoms with Gasteiger partial charge in [-0.1, -0.05) is 46.8 Å². The van der Waals surface area contributed by atoms with Crippen LogP contribution in [-0.4, -0.2) is 7.05 Å². The maximum absolute atomic E-state index is 3.51. The standard InChI is InChI=1S/C18H29N/c1-11(2)14-9-15(12(3)4)18-13(5)7-8-17(19-6)16(18)10-14/h9-13,17,19H,7-8H2,1-6H3. The molecule has 0 saturated heterocycles. The molecule has 0 heterocycles. The lowest BCUT2D eigenvalue weighted by molar-refractivity contribution is 0.455. The molecule has 1 nitrogen and oxygen atoms in total. The Morgan fingerprint density at radius 1 is 1.05 bits per heavy atom. The quantitative estimate of drug-likeness (QED) is 0.797. The predicted octanol–water partition coefficient (Wildman–Crippen LogP) is 5.09. The highest BCUT2D eigenvalue weighted by atomic mass is 14.9. The molecular formula is C18H29N. The van der Waals surface area contributed by atoms with Crippen molar-refractivity contribution in [1.29, 1.82) is 0 Å². The molecule has 0 saturated carbocycles. The minimum atomic E-state index is 0.544. The van der Waals surface area contributed by atoms with Gasteiger partial charge in [0.05, 0.1) is 0 Å². The number of hydrogen-bond donors (Lipinski definition) is 1. The van der Waals surface area contributed by atoms with E-state index in [1.165, 1.54) is 18.4 Å². The van der Waals surface area contributed by atoms with E-state index in [1.807, 2.05) is 0 Å². The van der Waals surface area contributed by atoms with Crippen molar-refractivity contribution in [2.45, 2.75) is 71.3 Å². The van der Waals surface area contributed by atoms with Gasteiger partial charge in [0.15, 0.2) is 0 Å². The third-order valence-electron chi connectivity index (χ3n) is 4.66. The maximum atomic E-state index is 3.51. The number of benzene rings is 1. The molecule has 0 spiro atoms. The second kappa shape index (κ2) is 5.66. The van der Waals surface area contributed by atoms with Crippen LogP contribution >= 0.6 is 0 Å². The van der Waals surface area contributed by atoms with Gasteiger partial charge in [0.2, 0.25) is 0 Å². The summed E-state index contributed by atoms with van der Waals surface area (Å²) in [5.74, 6) is 1.93. The molecule has 19 heavy (non-hydrogen) atoms. The van der Waals surface area contributed by atoms with Crippen LogP contribution in [-0.2, 0) is 0 Å². The third-order valence-corrected chi connectivity index (χ3v) is 4.66. The second-order valence-corrected chi connectivity index (χ2v) is 6.74. The molecule has 1 aromatic rings. The first-order chi connectivity index (χ1) is 8.95. The van der Waals surface area contributed by atoms with Crippen molar-refractivity contribution in [3.05, 3.63) is 34.4 Å². The topological polar surface area (TPSA) is 12.0 Å². The summed E-state index contributed by atoms with van der Waals surface area (Å²) in [4.78, 5) is 0. The molecular weight excluding hydrogens is 230 g/mol. The van der Waals surface area contributed by atoms with Crippen LogP contribution in [0.15, 0.2) is 12.1 Å². The zero-order chi connectivity index (χ0) is 14.2. The van der Waals surface area contributed by atoms with Gasteiger partial charge in [-0.2, -0.15) is 0 Å². The summed E-state index contributed by atoms with van der Waals surface area (Å²) < 4.78 is 0. The Bertz CT molecular complexity index is 445. The third kappa shape index (κ3) is 2.72. The average Bonchev–Trinajstić information content (AvgIpc) is 2.37. The van der Waals surface area contributed by atoms with Crippen LogP contribution in [0.2, 0.25) is 0 Å². The molecule has 2 unspecified atom stereocenters. The number of fused-ring (bicyclic) bond motifs is 1. The van der Waals surface area contributed by atoms with Crippen LogP contribution < -0.4 is 5.32 Å². The maximum Gasteiger partial charge on any atom is 0.0320 e. The van der Waals surface area contributed by atoms with E-state index < -0.39 is 0 Å². The van der Waals surface area contributed by atoms with Crippen molar-refractivity contribution in [1.82, 2.24) is 5.32 Å². The van der Waals surface area contributed by atoms with E-state index in [4.69, 9.17) is 0 Å². The van der Waals surface area contributed by atoms with E-state index in [2.05, 4.69) is 59.1 Å². The van der Waals surface area contributed by atoms with Crippen molar-refractivity contribution >= 4 is 0 Å². The minimum Gasteiger partial charge on any atom is -0.313 e. The van der Waals surface area contributed by atoms with E-state index in [9.17, 15) is 0 Å². The first kappa shape index (κ1) is 14.6. The summed E-state index contributed by atoms with van der Waals surface area (Å²) in [7, 11) is 2.10. The zero-order valence-corrected chi connectivity index (χ0v) is 13.4. The highest BCUT2D eigenvalue weighted by molar-refractivity contribution is 5.46. The summed E-state index contributed by atoms with van der Waals surface area (Å²) >= 11 is 0. The van der Waals surface area contributed by atoms with Crippen LogP contribution in [0.3, 0.4) is 0 Å². The molecule has 2 atom stereocenters. The molecule has 0 amide bonds. The van der Waals surface area contributed by atoms with E-state index in [0.29, 0.717) is 23.8 Å². The lowest BCUT2D eigenvalue weighted by atomic mass is 9.75. The van der Waals surface area contributed by atoms with Crippen molar-refractivity contribution in [2.75, 3.05) is 7.05 Å². The SMILES string of the molecule is CNC1CCC(C)c2c(C(C)C)cc(C(C)C)cc21. The Kier molecular flexibility index (Phi) is 4.35. The van der Waals surface area contributed by atoms with Crippen molar-refractivity contribution in [3.63, 3.8) is 0 Å². The van der Waals surface area contributed by atoms with Gasteiger partial charge < -0.3 is 5.32 Å². The van der Waals surface area contributed by atoms with E-state index >= 15 is 0 Å². The van der Waals surface area contributed by atoms with Gasteiger partial charge in [0.25, 0.3) is 0 Å². The summed E-state index contributed by atoms with van der Waals surface area (Å²) in [6.45, 7) is 11.6. The van der Waals surface area contributed by atoms with E-state index in [-0.39, 0.29) is 0 Å². The van der Waals surface area contributed by atoms with Crippen LogP contribution in [0.1, 0.15) is 93.5 Å². The smallest absolute Gasteiger partial charge is 0.0320 e. The Morgan fingerprint density at radius 2 is 1.74 bits per heavy atom. The van der Waals surface area contributed by atoms with Crippen molar-refractivity contribution < 1.29 is 0 Å². The monoisotopic (exact) mass is 259 g/mol. The van der Waals surface area contributed by atoms with Crippen LogP contribution in [0.5, 0.6) is 0 Å². The number of rotatable bonds is 3. The molecule has 1 N–H and O–H groups in total. The highest BCUT2D eigenvalue weighted by Gasteiger charge is 2.27. The summed E-state index contributed by atoms with van der Waals surface area (Å²) in [6, 6.07) is 5.47. The van der Waals surface area contributed by atoms with Gasteiger partial charge in [-0.25, -0.2) is 0 Å². The predicted molar refractivity (Wildman–Crippen MR) is 84.1 cm³/mol. The van der Waals surface area contributed by atoms with Crippen molar-refractivity contribution in [3.8, 4) is 0 Å². The Balaban J connectivity index is 2.64. The molecule has 0 radical (unpaired) electrons. The molecule has 0 bridgehead atoms. The lowest BCUT2D eigenvalue weighted by Gasteiger charge is -2.33. The second-order valence-electron chi connectivity index (χ2n) is 6.74. The normalized spacial score (nSPS) is 22.9. The Morgan fingerprint density at radius 3 is 2.26 bits per heavy atom. The van der Waals surface area contributed by atoms with E-state index in [0.717, 1.165) is 0 Å². The fraction of sp³-hybridized carbons (Fsp3) is 0.667. The first-order valence-electron chi connectivity index (χ1n) is 7.80. The lowest BCUT2D eigenvalue weighted by Crippen LogP contribution is -2.24. The first-order valence-corrected chi connectivity index (χ1v) is 7.80. The minimum absolute atomic E-state index is 0.544. The summed E-state index contributed by atoms with van der Waals surface area (Å²) in [5.41, 5.74) is 6.27. The molecule has 1 aromatic carbocycles. The van der Waals surface area contributed by atoms with Crippen molar-refractivity contribution in [2.24, 2.45) is 0 Å². The van der Waals surface area contributed by atoms with Gasteiger partial charge in [-0.15, -0.1) is 0 Å². The molecule has 1 aliphatic carbocycles.